The van der Waals surface area contributed by atoms with Gasteiger partial charge in [-0.05, 0) is 30.3 Å². The molecule has 0 bridgehead atoms. The number of para-hydroxylation sites is 1. The lowest BCUT2D eigenvalue weighted by atomic mass is 10.2. The van der Waals surface area contributed by atoms with Gasteiger partial charge in [0.1, 0.15) is 17.3 Å². The van der Waals surface area contributed by atoms with Crippen LogP contribution in [-0.2, 0) is 0 Å². The van der Waals surface area contributed by atoms with Crippen molar-refractivity contribution in [2.75, 3.05) is 11.1 Å². The van der Waals surface area contributed by atoms with Crippen molar-refractivity contribution in [3.63, 3.8) is 0 Å². The first kappa shape index (κ1) is 13.3. The highest BCUT2D eigenvalue weighted by Crippen LogP contribution is 2.23. The molecule has 2 rings (SSSR count). The van der Waals surface area contributed by atoms with Crippen LogP contribution in [0.2, 0.25) is 5.02 Å². The fraction of sp³-hybridized carbons (Fsp3) is 0. The highest BCUT2D eigenvalue weighted by Gasteiger charge is 2.15. The third-order valence-corrected chi connectivity index (χ3v) is 2.69. The van der Waals surface area contributed by atoms with Crippen molar-refractivity contribution >= 4 is 28.9 Å². The summed E-state index contributed by atoms with van der Waals surface area (Å²) in [6.45, 7) is 0. The van der Waals surface area contributed by atoms with Gasteiger partial charge >= 0.3 is 0 Å². The van der Waals surface area contributed by atoms with E-state index >= 15 is 0 Å². The van der Waals surface area contributed by atoms with Gasteiger partial charge in [0.05, 0.1) is 11.3 Å². The Morgan fingerprint density at radius 3 is 2.58 bits per heavy atom. The van der Waals surface area contributed by atoms with Crippen molar-refractivity contribution in [1.82, 2.24) is 0 Å². The molecule has 0 aliphatic rings. The summed E-state index contributed by atoms with van der Waals surface area (Å²) in [5.41, 5.74) is 5.12. The van der Waals surface area contributed by atoms with E-state index in [1.165, 1.54) is 18.2 Å². The SMILES string of the molecule is Nc1cccc(F)c1NC(=O)c1cc(Cl)ccc1F. The average molecular weight is 283 g/mol. The Bertz CT molecular complexity index is 626. The van der Waals surface area contributed by atoms with E-state index in [2.05, 4.69) is 5.32 Å². The van der Waals surface area contributed by atoms with Gasteiger partial charge in [0, 0.05) is 5.02 Å². The minimum atomic E-state index is -0.822. The molecule has 0 aliphatic heterocycles. The van der Waals surface area contributed by atoms with E-state index < -0.39 is 17.5 Å². The maximum atomic E-state index is 13.5. The highest BCUT2D eigenvalue weighted by molar-refractivity contribution is 6.31. The standard InChI is InChI=1S/C13H9ClF2N2O/c14-7-4-5-9(15)8(6-7)13(19)18-12-10(16)2-1-3-11(12)17/h1-6H,17H2,(H,18,19). The van der Waals surface area contributed by atoms with Gasteiger partial charge in [-0.25, -0.2) is 8.78 Å². The first-order chi connectivity index (χ1) is 8.99. The number of carbonyl (C=O) groups is 1. The predicted octanol–water partition coefficient (Wildman–Crippen LogP) is 3.45. The number of amides is 1. The maximum Gasteiger partial charge on any atom is 0.258 e. The fourth-order valence-corrected chi connectivity index (χ4v) is 1.70. The van der Waals surface area contributed by atoms with Crippen LogP contribution in [0.25, 0.3) is 0 Å². The second kappa shape index (κ2) is 5.24. The molecule has 0 fully saturated rings. The number of nitrogens with one attached hydrogen (secondary N) is 1. The number of hydrogen-bond donors (Lipinski definition) is 2. The second-order valence-corrected chi connectivity index (χ2v) is 4.22. The van der Waals surface area contributed by atoms with Crippen molar-refractivity contribution in [1.29, 1.82) is 0 Å². The lowest BCUT2D eigenvalue weighted by Gasteiger charge is -2.09. The van der Waals surface area contributed by atoms with Gasteiger partial charge in [0.2, 0.25) is 0 Å². The maximum absolute atomic E-state index is 13.5. The minimum Gasteiger partial charge on any atom is -0.397 e. The predicted molar refractivity (Wildman–Crippen MR) is 70.2 cm³/mol. The number of halogens is 3. The van der Waals surface area contributed by atoms with Crippen LogP contribution in [0, 0.1) is 11.6 Å². The Morgan fingerprint density at radius 2 is 1.89 bits per heavy atom. The molecule has 2 aromatic carbocycles. The molecule has 19 heavy (non-hydrogen) atoms. The lowest BCUT2D eigenvalue weighted by molar-refractivity contribution is 0.102. The first-order valence-corrected chi connectivity index (χ1v) is 5.67. The van der Waals surface area contributed by atoms with Gasteiger partial charge < -0.3 is 11.1 Å². The van der Waals surface area contributed by atoms with Crippen LogP contribution in [0.4, 0.5) is 20.2 Å². The third kappa shape index (κ3) is 2.82. The Kier molecular flexibility index (Phi) is 3.66. The van der Waals surface area contributed by atoms with E-state index in [1.807, 2.05) is 0 Å². The number of anilines is 2. The molecule has 0 saturated heterocycles. The van der Waals surface area contributed by atoms with E-state index in [4.69, 9.17) is 17.3 Å². The van der Waals surface area contributed by atoms with Gasteiger partial charge in [-0.3, -0.25) is 4.79 Å². The van der Waals surface area contributed by atoms with E-state index in [-0.39, 0.29) is 22.0 Å². The summed E-state index contributed by atoms with van der Waals surface area (Å²) < 4.78 is 27.0. The largest absolute Gasteiger partial charge is 0.397 e. The van der Waals surface area contributed by atoms with Crippen LogP contribution in [0.5, 0.6) is 0 Å². The van der Waals surface area contributed by atoms with Crippen molar-refractivity contribution in [2.45, 2.75) is 0 Å². The van der Waals surface area contributed by atoms with Crippen molar-refractivity contribution < 1.29 is 13.6 Å². The van der Waals surface area contributed by atoms with Crippen LogP contribution in [0.3, 0.4) is 0 Å². The van der Waals surface area contributed by atoms with E-state index in [0.717, 1.165) is 18.2 Å². The number of benzene rings is 2. The van der Waals surface area contributed by atoms with Gasteiger partial charge in [0.25, 0.3) is 5.91 Å². The number of carbonyl (C=O) groups excluding carboxylic acids is 1. The number of nitrogens with two attached hydrogens (primary N) is 1. The summed E-state index contributed by atoms with van der Waals surface area (Å²) >= 11 is 5.68. The molecule has 0 spiro atoms. The zero-order valence-corrected chi connectivity index (χ0v) is 10.3. The van der Waals surface area contributed by atoms with E-state index in [9.17, 15) is 13.6 Å². The quantitative estimate of drug-likeness (QED) is 0.829. The Balaban J connectivity index is 2.34. The highest BCUT2D eigenvalue weighted by atomic mass is 35.5. The molecule has 1 amide bonds. The summed E-state index contributed by atoms with van der Waals surface area (Å²) in [5, 5.41) is 2.43. The number of nitrogen functional groups attached to an aromatic ring is 1. The van der Waals surface area contributed by atoms with Crippen molar-refractivity contribution in [3.8, 4) is 0 Å². The molecule has 2 aromatic rings. The summed E-state index contributed by atoms with van der Waals surface area (Å²) in [4.78, 5) is 11.9. The average Bonchev–Trinajstić information content (AvgIpc) is 2.37. The van der Waals surface area contributed by atoms with E-state index in [0.29, 0.717) is 0 Å². The molecule has 0 aliphatic carbocycles. The molecule has 3 N–H and O–H groups in total. The zero-order chi connectivity index (χ0) is 14.0. The van der Waals surface area contributed by atoms with Crippen LogP contribution in [0.15, 0.2) is 36.4 Å². The van der Waals surface area contributed by atoms with Gasteiger partial charge in [0.15, 0.2) is 0 Å². The molecule has 0 atom stereocenters. The molecular formula is C13H9ClF2N2O. The van der Waals surface area contributed by atoms with Crippen molar-refractivity contribution in [3.05, 3.63) is 58.6 Å². The first-order valence-electron chi connectivity index (χ1n) is 5.29. The molecule has 0 unspecified atom stereocenters. The smallest absolute Gasteiger partial charge is 0.258 e. The van der Waals surface area contributed by atoms with Crippen LogP contribution in [-0.4, -0.2) is 5.91 Å². The summed E-state index contributed by atoms with van der Waals surface area (Å²) in [6, 6.07) is 7.49. The lowest BCUT2D eigenvalue weighted by Crippen LogP contribution is -2.16. The molecule has 0 heterocycles. The van der Waals surface area contributed by atoms with Crippen LogP contribution in [0.1, 0.15) is 10.4 Å². The minimum absolute atomic E-state index is 0.0517. The second-order valence-electron chi connectivity index (χ2n) is 3.78. The van der Waals surface area contributed by atoms with Crippen LogP contribution >= 0.6 is 11.6 Å². The topological polar surface area (TPSA) is 55.1 Å². The van der Waals surface area contributed by atoms with Crippen LogP contribution < -0.4 is 11.1 Å². The summed E-state index contributed by atoms with van der Waals surface area (Å²) in [6.07, 6.45) is 0. The Hall–Kier alpha value is -2.14. The zero-order valence-electron chi connectivity index (χ0n) is 9.58. The van der Waals surface area contributed by atoms with Crippen molar-refractivity contribution in [2.24, 2.45) is 0 Å². The Labute approximate surface area is 113 Å². The van der Waals surface area contributed by atoms with Gasteiger partial charge in [-0.1, -0.05) is 17.7 Å². The summed E-state index contributed by atoms with van der Waals surface area (Å²) in [7, 11) is 0. The molecule has 98 valence electrons. The molecule has 0 saturated carbocycles. The Morgan fingerprint density at radius 1 is 1.16 bits per heavy atom. The molecule has 3 nitrogen and oxygen atoms in total. The molecule has 0 radical (unpaired) electrons. The van der Waals surface area contributed by atoms with Gasteiger partial charge in [-0.15, -0.1) is 0 Å². The monoisotopic (exact) mass is 282 g/mol. The fourth-order valence-electron chi connectivity index (χ4n) is 1.53. The molecule has 6 heteroatoms. The number of rotatable bonds is 2. The third-order valence-electron chi connectivity index (χ3n) is 2.46. The van der Waals surface area contributed by atoms with E-state index in [1.54, 1.807) is 0 Å². The number of hydrogen-bond acceptors (Lipinski definition) is 2. The normalized spacial score (nSPS) is 10.3. The molecular weight excluding hydrogens is 274 g/mol. The van der Waals surface area contributed by atoms with Gasteiger partial charge in [-0.2, -0.15) is 0 Å². The molecule has 0 aromatic heterocycles. The summed E-state index contributed by atoms with van der Waals surface area (Å²) in [5.74, 6) is -2.27.